The Morgan fingerprint density at radius 3 is 1.08 bits per heavy atom. The third-order valence-electron chi connectivity index (χ3n) is 15.6. The molecule has 2 spiro atoms. The SMILES string of the molecule is CC(C)c1ccc2c(c1)C1(c3ccccc3-c3ccccc31)c1cc3c4cccc5c6c(cc(c7cccc(c1-2)c73)c54)C1(c2ccccc2-c2ccccc21)c1ccccc1-6. The van der Waals surface area contributed by atoms with Crippen LogP contribution in [0.5, 0.6) is 0 Å². The fourth-order valence-corrected chi connectivity index (χ4v) is 13.4. The first-order valence-electron chi connectivity index (χ1n) is 22.0. The van der Waals surface area contributed by atoms with Gasteiger partial charge in [0.2, 0.25) is 0 Å². The zero-order valence-electron chi connectivity index (χ0n) is 34.0. The third-order valence-corrected chi connectivity index (χ3v) is 15.6. The maximum Gasteiger partial charge on any atom is 0.0726 e. The van der Waals surface area contributed by atoms with Crippen molar-refractivity contribution in [2.45, 2.75) is 30.6 Å². The molecule has 0 nitrogen and oxygen atoms in total. The molecule has 0 bridgehead atoms. The van der Waals surface area contributed by atoms with Crippen LogP contribution >= 0.6 is 0 Å². The van der Waals surface area contributed by atoms with E-state index in [-0.39, 0.29) is 0 Å². The van der Waals surface area contributed by atoms with E-state index in [1.807, 2.05) is 0 Å². The average Bonchev–Trinajstić information content (AvgIpc) is 3.99. The van der Waals surface area contributed by atoms with E-state index in [4.69, 9.17) is 0 Å². The van der Waals surface area contributed by atoms with Crippen LogP contribution in [-0.2, 0) is 10.8 Å². The van der Waals surface area contributed by atoms with Crippen molar-refractivity contribution in [1.29, 1.82) is 0 Å². The second-order valence-corrected chi connectivity index (χ2v) is 18.3. The van der Waals surface area contributed by atoms with Gasteiger partial charge < -0.3 is 0 Å². The summed E-state index contributed by atoms with van der Waals surface area (Å²) < 4.78 is 0. The van der Waals surface area contributed by atoms with Crippen molar-refractivity contribution in [3.63, 3.8) is 0 Å². The summed E-state index contributed by atoms with van der Waals surface area (Å²) in [6.45, 7) is 4.66. The van der Waals surface area contributed by atoms with E-state index in [0.29, 0.717) is 5.92 Å². The van der Waals surface area contributed by atoms with E-state index < -0.39 is 10.8 Å². The molecule has 0 saturated heterocycles. The topological polar surface area (TPSA) is 0 Å². The molecule has 0 aromatic heterocycles. The minimum absolute atomic E-state index is 0.408. The van der Waals surface area contributed by atoms with Gasteiger partial charge in [-0.15, -0.1) is 0 Å². The summed E-state index contributed by atoms with van der Waals surface area (Å²) >= 11 is 0. The Morgan fingerprint density at radius 2 is 0.639 bits per heavy atom. The maximum absolute atomic E-state index is 2.64. The van der Waals surface area contributed by atoms with Crippen LogP contribution in [0.1, 0.15) is 69.8 Å². The lowest BCUT2D eigenvalue weighted by Gasteiger charge is -2.32. The molecule has 0 unspecified atom stereocenters. The van der Waals surface area contributed by atoms with Gasteiger partial charge in [0.05, 0.1) is 10.8 Å². The minimum Gasteiger partial charge on any atom is -0.0619 e. The highest BCUT2D eigenvalue weighted by Crippen LogP contribution is 2.67. The molecule has 0 aliphatic heterocycles. The molecule has 0 N–H and O–H groups in total. The lowest BCUT2D eigenvalue weighted by Crippen LogP contribution is -2.26. The van der Waals surface area contributed by atoms with Crippen molar-refractivity contribution in [2.75, 3.05) is 0 Å². The van der Waals surface area contributed by atoms with Crippen molar-refractivity contribution in [3.8, 4) is 44.5 Å². The fraction of sp³-hybridized carbons (Fsp3) is 0.0820. The first-order valence-corrected chi connectivity index (χ1v) is 22.0. The van der Waals surface area contributed by atoms with Gasteiger partial charge in [-0.05, 0) is 156 Å². The van der Waals surface area contributed by atoms with Gasteiger partial charge in [0.25, 0.3) is 0 Å². The van der Waals surface area contributed by atoms with Crippen molar-refractivity contribution in [2.24, 2.45) is 0 Å². The van der Waals surface area contributed by atoms with Gasteiger partial charge >= 0.3 is 0 Å². The Kier molecular flexibility index (Phi) is 5.82. The van der Waals surface area contributed by atoms with Crippen molar-refractivity contribution in [3.05, 3.63) is 238 Å². The average molecular weight is 771 g/mol. The van der Waals surface area contributed by atoms with Gasteiger partial charge in [-0.3, -0.25) is 0 Å². The van der Waals surface area contributed by atoms with Crippen molar-refractivity contribution in [1.82, 2.24) is 0 Å². The smallest absolute Gasteiger partial charge is 0.0619 e. The molecule has 4 aliphatic carbocycles. The summed E-state index contributed by atoms with van der Waals surface area (Å²) in [5.41, 5.74) is 22.6. The van der Waals surface area contributed by atoms with Gasteiger partial charge in [-0.1, -0.05) is 190 Å². The van der Waals surface area contributed by atoms with Crippen LogP contribution in [0.25, 0.3) is 87.6 Å². The molecule has 61 heavy (non-hydrogen) atoms. The molecule has 4 aliphatic rings. The second-order valence-electron chi connectivity index (χ2n) is 18.3. The van der Waals surface area contributed by atoms with E-state index in [1.165, 1.54) is 138 Å². The molecule has 0 fully saturated rings. The van der Waals surface area contributed by atoms with Crippen LogP contribution < -0.4 is 0 Å². The monoisotopic (exact) mass is 770 g/mol. The first-order chi connectivity index (χ1) is 30.1. The van der Waals surface area contributed by atoms with Gasteiger partial charge in [0.15, 0.2) is 0 Å². The van der Waals surface area contributed by atoms with E-state index in [2.05, 4.69) is 202 Å². The van der Waals surface area contributed by atoms with Crippen LogP contribution in [0.2, 0.25) is 0 Å². The van der Waals surface area contributed by atoms with Gasteiger partial charge in [-0.2, -0.15) is 0 Å². The van der Waals surface area contributed by atoms with Gasteiger partial charge in [0.1, 0.15) is 0 Å². The van der Waals surface area contributed by atoms with Crippen molar-refractivity contribution < 1.29 is 0 Å². The van der Waals surface area contributed by atoms with Gasteiger partial charge in [0, 0.05) is 0 Å². The highest BCUT2D eigenvalue weighted by molar-refractivity contribution is 6.36. The standard InChI is InChI=1S/C61H38/c1-34(2)35-29-30-43-53(31-35)61(50-26-10-5-17-38(50)39-18-6-11-27-51(39)61)55-33-47-41-20-13-22-44-56(41)46(40-21-14-23-45(57(40)47)59(43)55)32-54-58(44)42-19-7-12-28-52(42)60(54)48-24-8-3-15-36(48)37-16-4-9-25-49(37)60/h3-34H,1-2H3. The molecule has 0 radical (unpaired) electrons. The Balaban J connectivity index is 1.14. The largest absolute Gasteiger partial charge is 0.0726 e. The number of hydrogen-bond acceptors (Lipinski definition) is 0. The van der Waals surface area contributed by atoms with E-state index in [1.54, 1.807) is 0 Å². The minimum atomic E-state index is -0.426. The number of benzene rings is 11. The Hall–Kier alpha value is -7.28. The normalized spacial score (nSPS) is 15.1. The Bertz CT molecular complexity index is 3710. The maximum atomic E-state index is 2.64. The molecule has 0 amide bonds. The summed E-state index contributed by atoms with van der Waals surface area (Å²) in [6.07, 6.45) is 0. The summed E-state index contributed by atoms with van der Waals surface area (Å²) in [6, 6.07) is 73.1. The highest BCUT2D eigenvalue weighted by Gasteiger charge is 2.54. The zero-order chi connectivity index (χ0) is 39.9. The van der Waals surface area contributed by atoms with Crippen LogP contribution in [0, 0.1) is 0 Å². The number of rotatable bonds is 1. The predicted octanol–water partition coefficient (Wildman–Crippen LogP) is 15.5. The Morgan fingerprint density at radius 1 is 0.279 bits per heavy atom. The van der Waals surface area contributed by atoms with Crippen LogP contribution in [0.4, 0.5) is 0 Å². The highest BCUT2D eigenvalue weighted by atomic mass is 14.5. The Labute approximate surface area is 354 Å². The molecule has 0 heteroatoms. The molecule has 11 aromatic carbocycles. The summed E-state index contributed by atoms with van der Waals surface area (Å²) in [5.74, 6) is 0.417. The van der Waals surface area contributed by atoms with Crippen LogP contribution in [0.15, 0.2) is 188 Å². The summed E-state index contributed by atoms with van der Waals surface area (Å²) in [7, 11) is 0. The molecule has 0 atom stereocenters. The number of hydrogen-bond donors (Lipinski definition) is 0. The fourth-order valence-electron chi connectivity index (χ4n) is 13.4. The third kappa shape index (κ3) is 3.50. The molecule has 11 aromatic rings. The van der Waals surface area contributed by atoms with E-state index >= 15 is 0 Å². The van der Waals surface area contributed by atoms with Gasteiger partial charge in [-0.25, -0.2) is 0 Å². The summed E-state index contributed by atoms with van der Waals surface area (Å²) in [5, 5.41) is 10.8. The van der Waals surface area contributed by atoms with Crippen LogP contribution in [0.3, 0.4) is 0 Å². The van der Waals surface area contributed by atoms with E-state index in [0.717, 1.165) is 0 Å². The molecule has 282 valence electrons. The molecule has 15 rings (SSSR count). The van der Waals surface area contributed by atoms with Crippen LogP contribution in [-0.4, -0.2) is 0 Å². The summed E-state index contributed by atoms with van der Waals surface area (Å²) in [4.78, 5) is 0. The van der Waals surface area contributed by atoms with E-state index in [9.17, 15) is 0 Å². The zero-order valence-corrected chi connectivity index (χ0v) is 34.0. The van der Waals surface area contributed by atoms with Crippen molar-refractivity contribution >= 4 is 43.1 Å². The number of fused-ring (bicyclic) bond motifs is 24. The first kappa shape index (κ1) is 32.6. The molecular weight excluding hydrogens is 733 g/mol. The molecule has 0 saturated carbocycles. The lowest BCUT2D eigenvalue weighted by atomic mass is 9.69. The predicted molar refractivity (Wildman–Crippen MR) is 254 cm³/mol. The quantitative estimate of drug-likeness (QED) is 0.115. The molecular formula is C61H38. The lowest BCUT2D eigenvalue weighted by molar-refractivity contribution is 0.785. The molecule has 0 heterocycles. The second kappa shape index (κ2) is 10.9.